The molecule has 3 unspecified atom stereocenters. The molecule has 3 heterocycles. The van der Waals surface area contributed by atoms with Crippen LogP contribution in [0.3, 0.4) is 0 Å². The van der Waals surface area contributed by atoms with Crippen molar-refractivity contribution in [3.8, 4) is 0 Å². The molecule has 3 aliphatic rings. The summed E-state index contributed by atoms with van der Waals surface area (Å²) in [5, 5.41) is 13.8. The van der Waals surface area contributed by atoms with Crippen LogP contribution in [0, 0.1) is 0 Å². The van der Waals surface area contributed by atoms with Gasteiger partial charge in [0.1, 0.15) is 47.8 Å². The smallest absolute Gasteiger partial charge is 0.414 e. The molecule has 0 radical (unpaired) electrons. The molecule has 0 saturated carbocycles. The average molecular weight is 1030 g/mol. The molecule has 406 valence electrons. The minimum atomic E-state index is -1.68. The van der Waals surface area contributed by atoms with Crippen molar-refractivity contribution in [1.29, 1.82) is 0 Å². The third-order valence-electron chi connectivity index (χ3n) is 8.73. The van der Waals surface area contributed by atoms with E-state index < -0.39 is 139 Å². The minimum Gasteiger partial charge on any atom is -0.494 e. The first-order chi connectivity index (χ1) is 33.0. The number of rotatable bonds is 14. The summed E-state index contributed by atoms with van der Waals surface area (Å²) in [5.41, 5.74) is -3.58. The molecular formula is C45H72FN9O17. The number of nitrogens with one attached hydrogen (secondary N) is 6. The molecule has 27 heteroatoms. The zero-order valence-corrected chi connectivity index (χ0v) is 43.7. The summed E-state index contributed by atoms with van der Waals surface area (Å²) in [4.78, 5) is 98.8. The number of fused-ring (bicyclic) bond motifs is 1. The second kappa shape index (κ2) is 24.8. The molecular weight excluding hydrogens is 958 g/mol. The predicted molar refractivity (Wildman–Crippen MR) is 252 cm³/mol. The van der Waals surface area contributed by atoms with Gasteiger partial charge in [-0.05, 0) is 104 Å². The predicted octanol–water partition coefficient (Wildman–Crippen LogP) is 5.17. The summed E-state index contributed by atoms with van der Waals surface area (Å²) in [6, 6.07) is -0.835. The van der Waals surface area contributed by atoms with Crippen molar-refractivity contribution in [1.82, 2.24) is 36.8 Å². The van der Waals surface area contributed by atoms with Crippen LogP contribution in [0.2, 0.25) is 0 Å². The van der Waals surface area contributed by atoms with Gasteiger partial charge in [0.2, 0.25) is 11.9 Å². The van der Waals surface area contributed by atoms with Crippen molar-refractivity contribution < 1.29 is 85.3 Å². The lowest BCUT2D eigenvalue weighted by molar-refractivity contribution is -0.196. The number of nitrogens with zero attached hydrogens (tertiary/aromatic N) is 3. The molecule has 0 bridgehead atoms. The van der Waals surface area contributed by atoms with Crippen LogP contribution in [-0.2, 0) is 52.2 Å². The highest BCUT2D eigenvalue weighted by molar-refractivity contribution is 6.02. The van der Waals surface area contributed by atoms with Gasteiger partial charge in [0.25, 0.3) is 0 Å². The third-order valence-corrected chi connectivity index (χ3v) is 8.73. The zero-order chi connectivity index (χ0) is 54.6. The lowest BCUT2D eigenvalue weighted by Crippen LogP contribution is -2.58. The Morgan fingerprint density at radius 3 is 1.61 bits per heavy atom. The number of hydrogen-bond donors (Lipinski definition) is 6. The van der Waals surface area contributed by atoms with Gasteiger partial charge >= 0.3 is 42.5 Å². The van der Waals surface area contributed by atoms with Gasteiger partial charge in [-0.3, -0.25) is 46.3 Å². The lowest BCUT2D eigenvalue weighted by Gasteiger charge is -2.34. The van der Waals surface area contributed by atoms with Gasteiger partial charge in [0.15, 0.2) is 30.1 Å². The number of alkyl carbamates (subject to hydrolysis) is 5. The molecule has 7 amide bonds. The van der Waals surface area contributed by atoms with Crippen LogP contribution in [0.4, 0.5) is 33.2 Å². The standard InChI is InChI=1S/C45H72FN9O17/c1-24(17-19-47-33(51-37(59)69-41(3,4)5)52-38(60)70-42(6,7)8)63-22-26(66-28(56)18-20-48-34(53-39(61)71-43(9,10)11)54-40(62)72-44(12,13)14)23-64-36(58)50-31-27(46)21-55(35(57)49-31)32-30-29(25(2)65-32)67-45(15,16)68-30/h21,25-26,29-32H,1,17-20,22-23H2,2-16H3,(H,49,57)(H,50,58)(H2,47,51,52,59,60)(H2,48,53,54,61,62)/t25-,26?,29+,30?,31?,32-/m1/s1. The number of urea groups is 1. The number of carbonyl (C=O) groups is 7. The van der Waals surface area contributed by atoms with Crippen LogP contribution < -0.4 is 31.9 Å². The Bertz CT molecular complexity index is 2030. The molecule has 0 aromatic rings. The number of halogens is 1. The highest BCUT2D eigenvalue weighted by Gasteiger charge is 2.56. The summed E-state index contributed by atoms with van der Waals surface area (Å²) in [5.74, 6) is -3.56. The third kappa shape index (κ3) is 22.3. The van der Waals surface area contributed by atoms with E-state index in [-0.39, 0.29) is 31.2 Å². The van der Waals surface area contributed by atoms with Crippen LogP contribution in [0.25, 0.3) is 0 Å². The summed E-state index contributed by atoms with van der Waals surface area (Å²) >= 11 is 0. The average Bonchev–Trinajstić information content (AvgIpc) is 3.65. The Labute approximate surface area is 418 Å². The Morgan fingerprint density at radius 1 is 0.722 bits per heavy atom. The molecule has 2 saturated heterocycles. The minimum absolute atomic E-state index is 0.0303. The van der Waals surface area contributed by atoms with Gasteiger partial charge in [-0.1, -0.05) is 6.58 Å². The lowest BCUT2D eigenvalue weighted by atomic mass is 10.1. The zero-order valence-electron chi connectivity index (χ0n) is 43.7. The number of ether oxygens (including phenoxy) is 10. The summed E-state index contributed by atoms with van der Waals surface area (Å²) in [6.07, 6.45) is -10.5. The number of hydrogen-bond acceptors (Lipinski definition) is 19. The van der Waals surface area contributed by atoms with Gasteiger partial charge in [-0.15, -0.1) is 0 Å². The molecule has 26 nitrogen and oxygen atoms in total. The van der Waals surface area contributed by atoms with Crippen LogP contribution in [0.15, 0.2) is 34.3 Å². The second-order valence-corrected chi connectivity index (χ2v) is 20.8. The SMILES string of the molecule is C=C(CCN=C(NC(=O)OC(C)(C)C)NC(=O)OC(C)(C)C)OCC(COC(=O)NC1NC(=O)N([C@@H]2O[C@H](C)[C@@H]3OC(C)(C)OC32)C=C1F)OC(=O)CCN=C(NC(=O)OC(C)(C)C)NC(=O)OC(C)(C)C. The molecule has 6 N–H and O–H groups in total. The topological polar surface area (TPSA) is 312 Å². The van der Waals surface area contributed by atoms with E-state index in [4.69, 9.17) is 47.4 Å². The van der Waals surface area contributed by atoms with Crippen molar-refractivity contribution in [2.45, 2.75) is 182 Å². The Morgan fingerprint density at radius 2 is 1.15 bits per heavy atom. The largest absolute Gasteiger partial charge is 0.494 e. The van der Waals surface area contributed by atoms with Crippen molar-refractivity contribution in [2.75, 3.05) is 26.3 Å². The van der Waals surface area contributed by atoms with E-state index in [1.807, 2.05) is 0 Å². The fourth-order valence-electron chi connectivity index (χ4n) is 6.17. The molecule has 72 heavy (non-hydrogen) atoms. The molecule has 0 aliphatic carbocycles. The summed E-state index contributed by atoms with van der Waals surface area (Å²) in [7, 11) is 0. The van der Waals surface area contributed by atoms with E-state index in [1.54, 1.807) is 104 Å². The maximum absolute atomic E-state index is 15.5. The quantitative estimate of drug-likeness (QED) is 0.0430. The maximum atomic E-state index is 15.5. The molecule has 0 aromatic carbocycles. The van der Waals surface area contributed by atoms with E-state index in [2.05, 4.69) is 48.5 Å². The monoisotopic (exact) mass is 1030 g/mol. The number of aliphatic imine (C=N–C) groups is 2. The van der Waals surface area contributed by atoms with Gasteiger partial charge in [-0.25, -0.2) is 33.2 Å². The molecule has 2 fully saturated rings. The van der Waals surface area contributed by atoms with Crippen molar-refractivity contribution >= 4 is 54.4 Å². The van der Waals surface area contributed by atoms with E-state index in [0.717, 1.165) is 11.1 Å². The van der Waals surface area contributed by atoms with E-state index in [9.17, 15) is 33.6 Å². The number of guanidine groups is 2. The molecule has 0 spiro atoms. The van der Waals surface area contributed by atoms with Crippen LogP contribution >= 0.6 is 0 Å². The van der Waals surface area contributed by atoms with Gasteiger partial charge in [0, 0.05) is 19.2 Å². The molecule has 3 aliphatic heterocycles. The van der Waals surface area contributed by atoms with Gasteiger partial charge in [-0.2, -0.15) is 0 Å². The Hall–Kier alpha value is -6.48. The fraction of sp³-hybridized carbons (Fsp3) is 0.711. The molecule has 3 rings (SSSR count). The first-order valence-electron chi connectivity index (χ1n) is 23.0. The second-order valence-electron chi connectivity index (χ2n) is 20.8. The maximum Gasteiger partial charge on any atom is 0.414 e. The Kier molecular flexibility index (Phi) is 20.6. The summed E-state index contributed by atoms with van der Waals surface area (Å²) in [6.45, 7) is 26.8. The highest BCUT2D eigenvalue weighted by Crippen LogP contribution is 2.40. The fourth-order valence-corrected chi connectivity index (χ4v) is 6.17. The number of amides is 7. The van der Waals surface area contributed by atoms with Crippen molar-refractivity contribution in [2.24, 2.45) is 9.98 Å². The van der Waals surface area contributed by atoms with Crippen molar-refractivity contribution in [3.63, 3.8) is 0 Å². The van der Waals surface area contributed by atoms with Crippen LogP contribution in [-0.4, -0.2) is 151 Å². The Balaban J connectivity index is 1.74. The van der Waals surface area contributed by atoms with Crippen LogP contribution in [0.5, 0.6) is 0 Å². The van der Waals surface area contributed by atoms with Gasteiger partial charge in [0.05, 0.1) is 24.8 Å². The first kappa shape index (κ1) is 59.8. The number of carbonyl (C=O) groups excluding carboxylic acids is 7. The van der Waals surface area contributed by atoms with E-state index >= 15 is 4.39 Å². The highest BCUT2D eigenvalue weighted by atomic mass is 19.1. The van der Waals surface area contributed by atoms with Crippen LogP contribution in [0.1, 0.15) is 117 Å². The first-order valence-corrected chi connectivity index (χ1v) is 23.0. The molecule has 6 atom stereocenters. The summed E-state index contributed by atoms with van der Waals surface area (Å²) < 4.78 is 70.7. The van der Waals surface area contributed by atoms with Crippen molar-refractivity contribution in [3.05, 3.63) is 24.4 Å². The number of esters is 1. The normalized spacial score (nSPS) is 20.9. The van der Waals surface area contributed by atoms with Gasteiger partial charge < -0.3 is 52.7 Å². The van der Waals surface area contributed by atoms with E-state index in [1.165, 1.54) is 0 Å². The van der Waals surface area contributed by atoms with E-state index in [0.29, 0.717) is 0 Å². The molecule has 0 aromatic heterocycles.